The molecule has 0 fully saturated rings. The molecule has 1 aliphatic heterocycles. The number of rotatable bonds is 3. The van der Waals surface area contributed by atoms with Crippen molar-refractivity contribution in [1.29, 1.82) is 0 Å². The Labute approximate surface area is 169 Å². The monoisotopic (exact) mass is 407 g/mol. The lowest BCUT2D eigenvalue weighted by Gasteiger charge is -2.29. The first kappa shape index (κ1) is 17.3. The zero-order valence-electron chi connectivity index (χ0n) is 15.0. The van der Waals surface area contributed by atoms with Crippen LogP contribution in [0.3, 0.4) is 0 Å². The molecule has 4 aromatic rings. The van der Waals surface area contributed by atoms with Gasteiger partial charge in [0.2, 0.25) is 5.91 Å². The van der Waals surface area contributed by atoms with Crippen molar-refractivity contribution in [2.75, 3.05) is 11.4 Å². The van der Waals surface area contributed by atoms with E-state index in [2.05, 4.69) is 11.1 Å². The van der Waals surface area contributed by atoms with Gasteiger partial charge in [0, 0.05) is 28.1 Å². The number of hydrogen-bond donors (Lipinski definition) is 0. The number of anilines is 1. The summed E-state index contributed by atoms with van der Waals surface area (Å²) in [6, 6.07) is 12.0. The van der Waals surface area contributed by atoms with Gasteiger partial charge in [-0.2, -0.15) is 0 Å². The highest BCUT2D eigenvalue weighted by atomic mass is 32.1. The van der Waals surface area contributed by atoms with Crippen molar-refractivity contribution in [3.05, 3.63) is 69.4 Å². The van der Waals surface area contributed by atoms with Crippen LogP contribution in [0.1, 0.15) is 12.0 Å². The van der Waals surface area contributed by atoms with Gasteiger partial charge in [0.1, 0.15) is 11.4 Å². The van der Waals surface area contributed by atoms with Gasteiger partial charge in [-0.25, -0.2) is 4.98 Å². The molecule has 0 saturated carbocycles. The van der Waals surface area contributed by atoms with Gasteiger partial charge in [-0.15, -0.1) is 22.7 Å². The normalized spacial score (nSPS) is 13.6. The first-order valence-electron chi connectivity index (χ1n) is 9.11. The highest BCUT2D eigenvalue weighted by molar-refractivity contribution is 7.18. The number of aryl methyl sites for hydroxylation is 1. The fraction of sp³-hybridized carbons (Fsp3) is 0.190. The van der Waals surface area contributed by atoms with Crippen LogP contribution in [0.2, 0.25) is 0 Å². The van der Waals surface area contributed by atoms with Crippen molar-refractivity contribution in [3.8, 4) is 10.4 Å². The van der Waals surface area contributed by atoms with Crippen LogP contribution < -0.4 is 10.5 Å². The Kier molecular flexibility index (Phi) is 4.33. The Bertz CT molecular complexity index is 1220. The average Bonchev–Trinajstić information content (AvgIpc) is 3.39. The summed E-state index contributed by atoms with van der Waals surface area (Å²) in [5.74, 6) is -0.0803. The fourth-order valence-electron chi connectivity index (χ4n) is 3.72. The van der Waals surface area contributed by atoms with Crippen molar-refractivity contribution in [1.82, 2.24) is 9.55 Å². The van der Waals surface area contributed by atoms with E-state index >= 15 is 0 Å². The van der Waals surface area contributed by atoms with Crippen LogP contribution in [0.25, 0.3) is 20.7 Å². The molecule has 0 atom stereocenters. The van der Waals surface area contributed by atoms with Crippen LogP contribution in [-0.2, 0) is 17.8 Å². The lowest BCUT2D eigenvalue weighted by molar-refractivity contribution is -0.119. The van der Waals surface area contributed by atoms with Crippen LogP contribution in [0.15, 0.2) is 58.3 Å². The smallest absolute Gasteiger partial charge is 0.263 e. The van der Waals surface area contributed by atoms with Crippen molar-refractivity contribution in [3.63, 3.8) is 0 Å². The van der Waals surface area contributed by atoms with E-state index in [1.807, 2.05) is 41.1 Å². The largest absolute Gasteiger partial charge is 0.311 e. The van der Waals surface area contributed by atoms with Crippen molar-refractivity contribution in [2.45, 2.75) is 19.4 Å². The molecule has 0 N–H and O–H groups in total. The molecule has 5 rings (SSSR count). The number of para-hydroxylation sites is 1. The second-order valence-electron chi connectivity index (χ2n) is 6.76. The molecule has 1 aliphatic rings. The first-order valence-corrected chi connectivity index (χ1v) is 10.9. The molecule has 0 aliphatic carbocycles. The average molecular weight is 408 g/mol. The second-order valence-corrected chi connectivity index (χ2v) is 8.57. The van der Waals surface area contributed by atoms with Gasteiger partial charge in [-0.3, -0.25) is 14.2 Å². The van der Waals surface area contributed by atoms with Crippen LogP contribution >= 0.6 is 22.7 Å². The number of fused-ring (bicyclic) bond motifs is 2. The van der Waals surface area contributed by atoms with E-state index in [4.69, 9.17) is 0 Å². The van der Waals surface area contributed by atoms with Crippen LogP contribution in [0.4, 0.5) is 5.69 Å². The molecule has 3 aromatic heterocycles. The summed E-state index contributed by atoms with van der Waals surface area (Å²) in [7, 11) is 0. The summed E-state index contributed by atoms with van der Waals surface area (Å²) >= 11 is 3.05. The third-order valence-electron chi connectivity index (χ3n) is 5.06. The maximum absolute atomic E-state index is 13.1. The topological polar surface area (TPSA) is 55.2 Å². The molecular weight excluding hydrogens is 390 g/mol. The zero-order chi connectivity index (χ0) is 19.1. The molecule has 0 unspecified atom stereocenters. The summed E-state index contributed by atoms with van der Waals surface area (Å²) in [4.78, 5) is 34.1. The van der Waals surface area contributed by atoms with Gasteiger partial charge in [0.25, 0.3) is 5.56 Å². The molecular formula is C21H17N3O2S2. The van der Waals surface area contributed by atoms with Gasteiger partial charge in [-0.1, -0.05) is 24.3 Å². The lowest BCUT2D eigenvalue weighted by atomic mass is 10.0. The maximum atomic E-state index is 13.1. The van der Waals surface area contributed by atoms with E-state index < -0.39 is 0 Å². The first-order chi connectivity index (χ1) is 13.7. The van der Waals surface area contributed by atoms with E-state index in [1.165, 1.54) is 27.8 Å². The third kappa shape index (κ3) is 2.87. The number of amides is 1. The molecule has 7 heteroatoms. The Morgan fingerprint density at radius 3 is 2.89 bits per heavy atom. The maximum Gasteiger partial charge on any atom is 0.263 e. The predicted molar refractivity (Wildman–Crippen MR) is 114 cm³/mol. The molecule has 140 valence electrons. The summed E-state index contributed by atoms with van der Waals surface area (Å²) in [5.41, 5.74) is 2.88. The minimum absolute atomic E-state index is 0.00413. The molecule has 0 bridgehead atoms. The molecule has 28 heavy (non-hydrogen) atoms. The number of carbonyl (C=O) groups excluding carboxylic acids is 1. The van der Waals surface area contributed by atoms with Gasteiger partial charge in [-0.05, 0) is 35.9 Å². The zero-order valence-corrected chi connectivity index (χ0v) is 16.6. The summed E-state index contributed by atoms with van der Waals surface area (Å²) in [6.07, 6.45) is 3.40. The molecule has 5 nitrogen and oxygen atoms in total. The summed E-state index contributed by atoms with van der Waals surface area (Å²) in [6.45, 7) is 0.676. The van der Waals surface area contributed by atoms with Crippen LogP contribution in [0, 0.1) is 0 Å². The van der Waals surface area contributed by atoms with Crippen LogP contribution in [0.5, 0.6) is 0 Å². The van der Waals surface area contributed by atoms with E-state index in [0.717, 1.165) is 29.0 Å². The van der Waals surface area contributed by atoms with Crippen molar-refractivity contribution >= 4 is 44.5 Å². The minimum atomic E-state index is -0.159. The van der Waals surface area contributed by atoms with E-state index in [9.17, 15) is 9.59 Å². The number of benzene rings is 1. The Morgan fingerprint density at radius 1 is 1.14 bits per heavy atom. The highest BCUT2D eigenvalue weighted by Gasteiger charge is 2.23. The standard InChI is InChI=1S/C21H17N3O2S2/c25-18(24-9-3-6-14-5-1-2-7-16(14)24)11-23-13-22-20-19(21(23)26)15(12-28-20)17-8-4-10-27-17/h1-2,4-5,7-8,10,12-13H,3,6,9,11H2. The lowest BCUT2D eigenvalue weighted by Crippen LogP contribution is -2.39. The van der Waals surface area contributed by atoms with E-state index in [1.54, 1.807) is 16.2 Å². The fourth-order valence-corrected chi connectivity index (χ4v) is 5.44. The number of carbonyl (C=O) groups is 1. The Morgan fingerprint density at radius 2 is 2.04 bits per heavy atom. The van der Waals surface area contributed by atoms with Gasteiger partial charge < -0.3 is 4.90 Å². The summed E-state index contributed by atoms with van der Waals surface area (Å²) in [5, 5.41) is 4.56. The molecule has 1 amide bonds. The Balaban J connectivity index is 1.51. The minimum Gasteiger partial charge on any atom is -0.311 e. The molecule has 0 radical (unpaired) electrons. The third-order valence-corrected chi connectivity index (χ3v) is 6.85. The number of aromatic nitrogens is 2. The highest BCUT2D eigenvalue weighted by Crippen LogP contribution is 2.33. The molecule has 0 spiro atoms. The van der Waals surface area contributed by atoms with Crippen LogP contribution in [-0.4, -0.2) is 22.0 Å². The van der Waals surface area contributed by atoms with Gasteiger partial charge in [0.15, 0.2) is 0 Å². The van der Waals surface area contributed by atoms with Crippen molar-refractivity contribution < 1.29 is 4.79 Å². The van der Waals surface area contributed by atoms with E-state index in [-0.39, 0.29) is 18.0 Å². The molecule has 1 aromatic carbocycles. The predicted octanol–water partition coefficient (Wildman–Crippen LogP) is 4.17. The Hall–Kier alpha value is -2.77. The molecule has 0 saturated heterocycles. The quantitative estimate of drug-likeness (QED) is 0.512. The van der Waals surface area contributed by atoms with Crippen molar-refractivity contribution in [2.24, 2.45) is 0 Å². The SMILES string of the molecule is O=C(Cn1cnc2scc(-c3cccs3)c2c1=O)N1CCCc2ccccc21. The number of nitrogens with zero attached hydrogens (tertiary/aromatic N) is 3. The number of thiophene rings is 2. The van der Waals surface area contributed by atoms with Gasteiger partial charge >= 0.3 is 0 Å². The second kappa shape index (κ2) is 7.00. The summed E-state index contributed by atoms with van der Waals surface area (Å²) < 4.78 is 1.44. The molecule has 4 heterocycles. The van der Waals surface area contributed by atoms with Gasteiger partial charge in [0.05, 0.1) is 11.7 Å². The number of hydrogen-bond acceptors (Lipinski definition) is 5. The van der Waals surface area contributed by atoms with E-state index in [0.29, 0.717) is 16.8 Å².